The van der Waals surface area contributed by atoms with Crippen LogP contribution in [-0.4, -0.2) is 25.5 Å². The number of rotatable bonds is 5. The van der Waals surface area contributed by atoms with Crippen LogP contribution in [0.5, 0.6) is 0 Å². The molecule has 84 valence electrons. The van der Waals surface area contributed by atoms with Crippen LogP contribution in [0.4, 0.5) is 0 Å². The second-order valence-electron chi connectivity index (χ2n) is 3.80. The Morgan fingerprint density at radius 3 is 2.80 bits per heavy atom. The summed E-state index contributed by atoms with van der Waals surface area (Å²) in [5.41, 5.74) is 8.48. The minimum atomic E-state index is 0.111. The lowest BCUT2D eigenvalue weighted by Gasteiger charge is -2.11. The van der Waals surface area contributed by atoms with Crippen LogP contribution in [-0.2, 0) is 4.74 Å². The molecule has 0 saturated carbocycles. The lowest BCUT2D eigenvalue weighted by atomic mass is 10.2. The van der Waals surface area contributed by atoms with Crippen molar-refractivity contribution in [2.45, 2.75) is 24.8 Å². The third kappa shape index (κ3) is 4.24. The van der Waals surface area contributed by atoms with Gasteiger partial charge in [0.25, 0.3) is 0 Å². The summed E-state index contributed by atoms with van der Waals surface area (Å²) < 4.78 is 5.01. The van der Waals surface area contributed by atoms with Gasteiger partial charge in [-0.25, -0.2) is 0 Å². The van der Waals surface area contributed by atoms with Crippen LogP contribution in [0.15, 0.2) is 23.1 Å². The average Bonchev–Trinajstić information content (AvgIpc) is 2.20. The average molecular weight is 225 g/mol. The van der Waals surface area contributed by atoms with Gasteiger partial charge < -0.3 is 10.5 Å². The first-order chi connectivity index (χ1) is 7.13. The van der Waals surface area contributed by atoms with Crippen LogP contribution >= 0.6 is 11.8 Å². The summed E-state index contributed by atoms with van der Waals surface area (Å²) in [6, 6.07) is 6.60. The standard InChI is InChI=1S/C12H19NOS/c1-9-4-5-10(2)12(6-9)15-8-11(13)7-14-3/h4-6,11H,7-8,13H2,1-3H3. The molecule has 0 bridgehead atoms. The van der Waals surface area contributed by atoms with Gasteiger partial charge in [-0.2, -0.15) is 0 Å². The van der Waals surface area contributed by atoms with Crippen LogP contribution in [0, 0.1) is 13.8 Å². The molecule has 0 fully saturated rings. The van der Waals surface area contributed by atoms with E-state index in [1.54, 1.807) is 18.9 Å². The zero-order chi connectivity index (χ0) is 11.3. The van der Waals surface area contributed by atoms with E-state index in [2.05, 4.69) is 32.0 Å². The molecular formula is C12H19NOS. The van der Waals surface area contributed by atoms with Crippen LogP contribution in [0.2, 0.25) is 0 Å². The largest absolute Gasteiger partial charge is 0.383 e. The Hall–Kier alpha value is -0.510. The van der Waals surface area contributed by atoms with Crippen molar-refractivity contribution in [1.29, 1.82) is 0 Å². The number of hydrogen-bond acceptors (Lipinski definition) is 3. The molecule has 1 unspecified atom stereocenters. The summed E-state index contributed by atoms with van der Waals surface area (Å²) in [6.45, 7) is 4.86. The molecule has 0 radical (unpaired) electrons. The van der Waals surface area contributed by atoms with E-state index >= 15 is 0 Å². The quantitative estimate of drug-likeness (QED) is 0.781. The van der Waals surface area contributed by atoms with E-state index in [0.29, 0.717) is 6.61 Å². The molecule has 0 heterocycles. The Kier molecular flexibility index (Phi) is 5.15. The minimum absolute atomic E-state index is 0.111. The smallest absolute Gasteiger partial charge is 0.0621 e. The fourth-order valence-electron chi connectivity index (χ4n) is 1.32. The molecule has 1 aromatic rings. The zero-order valence-electron chi connectivity index (χ0n) is 9.62. The normalized spacial score (nSPS) is 12.8. The van der Waals surface area contributed by atoms with Gasteiger partial charge in [-0.3, -0.25) is 0 Å². The maximum absolute atomic E-state index is 5.87. The molecule has 0 saturated heterocycles. The first kappa shape index (κ1) is 12.6. The molecular weight excluding hydrogens is 206 g/mol. The fourth-order valence-corrected chi connectivity index (χ4v) is 2.38. The molecule has 1 atom stereocenters. The van der Waals surface area contributed by atoms with Gasteiger partial charge >= 0.3 is 0 Å². The highest BCUT2D eigenvalue weighted by Crippen LogP contribution is 2.23. The second-order valence-corrected chi connectivity index (χ2v) is 4.86. The number of ether oxygens (including phenoxy) is 1. The van der Waals surface area contributed by atoms with Gasteiger partial charge in [0.05, 0.1) is 6.61 Å². The summed E-state index contributed by atoms with van der Waals surface area (Å²) in [6.07, 6.45) is 0. The maximum atomic E-state index is 5.87. The highest BCUT2D eigenvalue weighted by atomic mass is 32.2. The van der Waals surface area contributed by atoms with Crippen LogP contribution < -0.4 is 5.73 Å². The topological polar surface area (TPSA) is 35.2 Å². The van der Waals surface area contributed by atoms with Crippen molar-refractivity contribution in [3.05, 3.63) is 29.3 Å². The SMILES string of the molecule is COCC(N)CSc1cc(C)ccc1C. The zero-order valence-corrected chi connectivity index (χ0v) is 10.4. The van der Waals surface area contributed by atoms with E-state index in [0.717, 1.165) is 5.75 Å². The highest BCUT2D eigenvalue weighted by Gasteiger charge is 2.04. The Balaban J connectivity index is 2.53. The molecule has 2 nitrogen and oxygen atoms in total. The van der Waals surface area contributed by atoms with Crippen molar-refractivity contribution in [3.8, 4) is 0 Å². The molecule has 0 aliphatic carbocycles. The number of methoxy groups -OCH3 is 1. The van der Waals surface area contributed by atoms with Crippen LogP contribution in [0.25, 0.3) is 0 Å². The lowest BCUT2D eigenvalue weighted by Crippen LogP contribution is -2.28. The molecule has 2 N–H and O–H groups in total. The summed E-state index contributed by atoms with van der Waals surface area (Å²) in [7, 11) is 1.68. The van der Waals surface area contributed by atoms with Crippen molar-refractivity contribution in [3.63, 3.8) is 0 Å². The van der Waals surface area contributed by atoms with Crippen molar-refractivity contribution >= 4 is 11.8 Å². The predicted octanol–water partition coefficient (Wildman–Crippen LogP) is 2.37. The Bertz CT molecular complexity index is 314. The van der Waals surface area contributed by atoms with Crippen molar-refractivity contribution in [2.24, 2.45) is 5.73 Å². The van der Waals surface area contributed by atoms with Gasteiger partial charge in [0.15, 0.2) is 0 Å². The molecule has 0 spiro atoms. The van der Waals surface area contributed by atoms with Gasteiger partial charge in [-0.15, -0.1) is 11.8 Å². The number of nitrogens with two attached hydrogens (primary N) is 1. The van der Waals surface area contributed by atoms with E-state index in [4.69, 9.17) is 10.5 Å². The molecule has 1 rings (SSSR count). The Morgan fingerprint density at radius 2 is 2.13 bits per heavy atom. The van der Waals surface area contributed by atoms with E-state index < -0.39 is 0 Å². The van der Waals surface area contributed by atoms with Gasteiger partial charge in [0.2, 0.25) is 0 Å². The van der Waals surface area contributed by atoms with Crippen molar-refractivity contribution in [2.75, 3.05) is 19.5 Å². The molecule has 0 aromatic heterocycles. The molecule has 1 aromatic carbocycles. The third-order valence-corrected chi connectivity index (χ3v) is 3.52. The number of benzene rings is 1. The Morgan fingerprint density at radius 1 is 1.40 bits per heavy atom. The summed E-state index contributed by atoms with van der Waals surface area (Å²) in [5.74, 6) is 0.901. The molecule has 0 amide bonds. The molecule has 0 aliphatic heterocycles. The monoisotopic (exact) mass is 225 g/mol. The van der Waals surface area contributed by atoms with Crippen molar-refractivity contribution in [1.82, 2.24) is 0 Å². The third-order valence-electron chi connectivity index (χ3n) is 2.18. The fraction of sp³-hybridized carbons (Fsp3) is 0.500. The summed E-state index contributed by atoms with van der Waals surface area (Å²) >= 11 is 1.80. The van der Waals surface area contributed by atoms with Crippen LogP contribution in [0.1, 0.15) is 11.1 Å². The number of thioether (sulfide) groups is 1. The maximum Gasteiger partial charge on any atom is 0.0621 e. The summed E-state index contributed by atoms with van der Waals surface area (Å²) in [5, 5.41) is 0. The van der Waals surface area contributed by atoms with E-state index in [1.807, 2.05) is 0 Å². The Labute approximate surface area is 96.2 Å². The minimum Gasteiger partial charge on any atom is -0.383 e. The van der Waals surface area contributed by atoms with E-state index in [-0.39, 0.29) is 6.04 Å². The molecule has 3 heteroatoms. The molecule has 0 aliphatic rings. The van der Waals surface area contributed by atoms with E-state index in [9.17, 15) is 0 Å². The first-order valence-corrected chi connectivity index (χ1v) is 6.06. The highest BCUT2D eigenvalue weighted by molar-refractivity contribution is 7.99. The van der Waals surface area contributed by atoms with Crippen molar-refractivity contribution < 1.29 is 4.74 Å². The van der Waals surface area contributed by atoms with Gasteiger partial charge in [0.1, 0.15) is 0 Å². The lowest BCUT2D eigenvalue weighted by molar-refractivity contribution is 0.186. The second kappa shape index (κ2) is 6.16. The van der Waals surface area contributed by atoms with E-state index in [1.165, 1.54) is 16.0 Å². The first-order valence-electron chi connectivity index (χ1n) is 5.08. The predicted molar refractivity (Wildman–Crippen MR) is 66.5 cm³/mol. The number of aryl methyl sites for hydroxylation is 2. The van der Waals surface area contributed by atoms with Gasteiger partial charge in [-0.1, -0.05) is 17.7 Å². The molecule has 15 heavy (non-hydrogen) atoms. The summed E-state index contributed by atoms with van der Waals surface area (Å²) in [4.78, 5) is 1.32. The van der Waals surface area contributed by atoms with Gasteiger partial charge in [-0.05, 0) is 25.5 Å². The van der Waals surface area contributed by atoms with Crippen LogP contribution in [0.3, 0.4) is 0 Å². The number of hydrogen-bond donors (Lipinski definition) is 1. The van der Waals surface area contributed by atoms with Gasteiger partial charge in [0, 0.05) is 23.8 Å².